The summed E-state index contributed by atoms with van der Waals surface area (Å²) < 4.78 is 6.48. The van der Waals surface area contributed by atoms with Crippen LogP contribution in [-0.2, 0) is 11.2 Å². The van der Waals surface area contributed by atoms with Crippen LogP contribution >= 0.6 is 0 Å². The second kappa shape index (κ2) is 8.33. The van der Waals surface area contributed by atoms with Gasteiger partial charge in [0.15, 0.2) is 0 Å². The Morgan fingerprint density at radius 3 is 2.26 bits per heavy atom. The van der Waals surface area contributed by atoms with E-state index in [1.807, 2.05) is 0 Å². The number of carbonyl (C=O) groups excluding carboxylic acids is 1. The summed E-state index contributed by atoms with van der Waals surface area (Å²) in [5.74, 6) is 1.81. The number of rotatable bonds is 5. The van der Waals surface area contributed by atoms with Gasteiger partial charge in [0.2, 0.25) is 5.91 Å². The van der Waals surface area contributed by atoms with Gasteiger partial charge in [-0.2, -0.15) is 0 Å². The van der Waals surface area contributed by atoms with Gasteiger partial charge in [0.05, 0.1) is 0 Å². The van der Waals surface area contributed by atoms with Crippen LogP contribution in [-0.4, -0.2) is 11.5 Å². The lowest BCUT2D eigenvalue weighted by Gasteiger charge is -2.26. The Labute approximate surface area is 188 Å². The number of benzene rings is 2. The summed E-state index contributed by atoms with van der Waals surface area (Å²) in [6, 6.07) is 11.1. The molecule has 3 rings (SSSR count). The lowest BCUT2D eigenvalue weighted by atomic mass is 9.81. The molecule has 0 radical (unpaired) electrons. The molecule has 1 aliphatic heterocycles. The molecule has 2 aromatic rings. The number of hydrogen-bond donors (Lipinski definition) is 1. The minimum absolute atomic E-state index is 0.0421. The SMILES string of the molecule is Cc1c(NC(=O)CC(C)(C)C)cc2c(c1C)OC(C)(C)C2Cc1ccc(C(C)C)cc1. The van der Waals surface area contributed by atoms with Crippen LogP contribution in [0, 0.1) is 19.3 Å². The van der Waals surface area contributed by atoms with Gasteiger partial charge in [-0.3, -0.25) is 4.79 Å². The van der Waals surface area contributed by atoms with Crippen molar-refractivity contribution in [3.63, 3.8) is 0 Å². The molecule has 0 bridgehead atoms. The van der Waals surface area contributed by atoms with Crippen LogP contribution in [0.15, 0.2) is 30.3 Å². The molecule has 3 nitrogen and oxygen atoms in total. The number of carbonyl (C=O) groups is 1. The standard InChI is InChI=1S/C28H39NO2/c1-17(2)21-12-10-20(11-13-21)14-23-22-15-24(29-25(30)16-27(5,6)7)18(3)19(4)26(22)31-28(23,8)9/h10-13,15,17,23H,14,16H2,1-9H3,(H,29,30). The van der Waals surface area contributed by atoms with Crippen LogP contribution in [0.1, 0.15) is 94.5 Å². The molecule has 1 atom stereocenters. The van der Waals surface area contributed by atoms with E-state index in [4.69, 9.17) is 4.74 Å². The number of nitrogens with one attached hydrogen (secondary N) is 1. The molecule has 3 heteroatoms. The van der Waals surface area contributed by atoms with Gasteiger partial charge in [-0.05, 0) is 73.8 Å². The van der Waals surface area contributed by atoms with Crippen molar-refractivity contribution in [1.82, 2.24) is 0 Å². The fraction of sp³-hybridized carbons (Fsp3) is 0.536. The second-order valence-corrected chi connectivity index (χ2v) is 11.2. The lowest BCUT2D eigenvalue weighted by molar-refractivity contribution is -0.117. The van der Waals surface area contributed by atoms with Crippen LogP contribution in [0.5, 0.6) is 5.75 Å². The maximum absolute atomic E-state index is 12.6. The van der Waals surface area contributed by atoms with Gasteiger partial charge < -0.3 is 10.1 Å². The predicted molar refractivity (Wildman–Crippen MR) is 130 cm³/mol. The van der Waals surface area contributed by atoms with E-state index in [9.17, 15) is 4.79 Å². The Morgan fingerprint density at radius 1 is 1.10 bits per heavy atom. The van der Waals surface area contributed by atoms with Crippen LogP contribution in [0.25, 0.3) is 0 Å². The summed E-state index contributed by atoms with van der Waals surface area (Å²) in [5.41, 5.74) is 6.65. The number of anilines is 1. The van der Waals surface area contributed by atoms with E-state index in [0.717, 1.165) is 29.0 Å². The maximum Gasteiger partial charge on any atom is 0.224 e. The zero-order valence-corrected chi connectivity index (χ0v) is 20.8. The molecule has 0 fully saturated rings. The van der Waals surface area contributed by atoms with Crippen LogP contribution in [0.3, 0.4) is 0 Å². The molecule has 1 unspecified atom stereocenters. The molecule has 0 aromatic heterocycles. The number of hydrogen-bond acceptors (Lipinski definition) is 2. The quantitative estimate of drug-likeness (QED) is 0.550. The van der Waals surface area contributed by atoms with E-state index in [2.05, 4.69) is 98.0 Å². The zero-order valence-electron chi connectivity index (χ0n) is 20.8. The second-order valence-electron chi connectivity index (χ2n) is 11.2. The predicted octanol–water partition coefficient (Wildman–Crippen LogP) is 7.30. The Morgan fingerprint density at radius 2 is 1.71 bits per heavy atom. The van der Waals surface area contributed by atoms with E-state index in [1.54, 1.807) is 0 Å². The summed E-state index contributed by atoms with van der Waals surface area (Å²) in [7, 11) is 0. The van der Waals surface area contributed by atoms with Crippen molar-refractivity contribution in [2.24, 2.45) is 5.41 Å². The maximum atomic E-state index is 12.6. The summed E-state index contributed by atoms with van der Waals surface area (Å²) in [4.78, 5) is 12.6. The van der Waals surface area contributed by atoms with Gasteiger partial charge in [0.25, 0.3) is 0 Å². The fourth-order valence-corrected chi connectivity index (χ4v) is 4.46. The third-order valence-corrected chi connectivity index (χ3v) is 6.50. The highest BCUT2D eigenvalue weighted by atomic mass is 16.5. The van der Waals surface area contributed by atoms with E-state index < -0.39 is 0 Å². The molecule has 1 aliphatic rings. The van der Waals surface area contributed by atoms with Crippen molar-refractivity contribution >= 4 is 11.6 Å². The highest BCUT2D eigenvalue weighted by molar-refractivity contribution is 5.92. The molecule has 0 saturated heterocycles. The van der Waals surface area contributed by atoms with Crippen molar-refractivity contribution in [1.29, 1.82) is 0 Å². The molecule has 168 valence electrons. The molecule has 0 aliphatic carbocycles. The molecular weight excluding hydrogens is 382 g/mol. The average Bonchev–Trinajstić information content (AvgIpc) is 2.89. The molecule has 1 N–H and O–H groups in total. The molecule has 1 amide bonds. The molecule has 1 heterocycles. The summed E-state index contributed by atoms with van der Waals surface area (Å²) in [6.45, 7) is 19.2. The van der Waals surface area contributed by atoms with E-state index in [1.165, 1.54) is 16.7 Å². The Kier molecular flexibility index (Phi) is 6.28. The normalized spacial score (nSPS) is 17.4. The van der Waals surface area contributed by atoms with Gasteiger partial charge in [-0.25, -0.2) is 0 Å². The molecule has 2 aromatic carbocycles. The third kappa shape index (κ3) is 5.14. The minimum atomic E-state index is -0.301. The monoisotopic (exact) mass is 421 g/mol. The smallest absolute Gasteiger partial charge is 0.224 e. The first-order valence-electron chi connectivity index (χ1n) is 11.5. The van der Waals surface area contributed by atoms with Crippen LogP contribution in [0.4, 0.5) is 5.69 Å². The first-order chi connectivity index (χ1) is 14.3. The van der Waals surface area contributed by atoms with Crippen LogP contribution in [0.2, 0.25) is 0 Å². The van der Waals surface area contributed by atoms with Gasteiger partial charge >= 0.3 is 0 Å². The number of fused-ring (bicyclic) bond motifs is 1. The lowest BCUT2D eigenvalue weighted by Crippen LogP contribution is -2.31. The topological polar surface area (TPSA) is 38.3 Å². The van der Waals surface area contributed by atoms with Crippen molar-refractivity contribution in [3.8, 4) is 5.75 Å². The van der Waals surface area contributed by atoms with Crippen molar-refractivity contribution in [2.75, 3.05) is 5.32 Å². The van der Waals surface area contributed by atoms with Gasteiger partial charge in [0.1, 0.15) is 11.4 Å². The minimum Gasteiger partial charge on any atom is -0.487 e. The largest absolute Gasteiger partial charge is 0.487 e. The summed E-state index contributed by atoms with van der Waals surface area (Å²) >= 11 is 0. The van der Waals surface area contributed by atoms with E-state index in [-0.39, 0.29) is 22.8 Å². The average molecular weight is 422 g/mol. The number of amides is 1. The van der Waals surface area contributed by atoms with Gasteiger partial charge in [-0.15, -0.1) is 0 Å². The molecule has 0 saturated carbocycles. The highest BCUT2D eigenvalue weighted by Gasteiger charge is 2.42. The zero-order chi connectivity index (χ0) is 23.1. The van der Waals surface area contributed by atoms with Gasteiger partial charge in [-0.1, -0.05) is 58.9 Å². The summed E-state index contributed by atoms with van der Waals surface area (Å²) in [5, 5.41) is 3.17. The fourth-order valence-electron chi connectivity index (χ4n) is 4.46. The Bertz CT molecular complexity index is 962. The van der Waals surface area contributed by atoms with E-state index >= 15 is 0 Å². The third-order valence-electron chi connectivity index (χ3n) is 6.50. The molecule has 0 spiro atoms. The molecule has 31 heavy (non-hydrogen) atoms. The first-order valence-corrected chi connectivity index (χ1v) is 11.5. The highest BCUT2D eigenvalue weighted by Crippen LogP contribution is 2.50. The van der Waals surface area contributed by atoms with Crippen LogP contribution < -0.4 is 10.1 Å². The molecular formula is C28H39NO2. The summed E-state index contributed by atoms with van der Waals surface area (Å²) in [6.07, 6.45) is 1.41. The van der Waals surface area contributed by atoms with Crippen molar-refractivity contribution in [3.05, 3.63) is 58.1 Å². The number of ether oxygens (including phenoxy) is 1. The van der Waals surface area contributed by atoms with Crippen molar-refractivity contribution < 1.29 is 9.53 Å². The Hall–Kier alpha value is -2.29. The Balaban J connectivity index is 1.94. The van der Waals surface area contributed by atoms with Crippen molar-refractivity contribution in [2.45, 2.75) is 92.6 Å². The van der Waals surface area contributed by atoms with E-state index in [0.29, 0.717) is 12.3 Å². The van der Waals surface area contributed by atoms with Gasteiger partial charge in [0, 0.05) is 23.6 Å². The first kappa shape index (κ1) is 23.4.